The lowest BCUT2D eigenvalue weighted by atomic mass is 9.76. The normalized spacial score (nSPS) is 27.5. The van der Waals surface area contributed by atoms with Gasteiger partial charge in [-0.05, 0) is 39.0 Å². The summed E-state index contributed by atoms with van der Waals surface area (Å²) in [7, 11) is 0. The van der Waals surface area contributed by atoms with Crippen LogP contribution in [-0.2, 0) is 4.79 Å². The van der Waals surface area contributed by atoms with Crippen molar-refractivity contribution >= 4 is 5.91 Å². The lowest BCUT2D eigenvalue weighted by molar-refractivity contribution is -0.120. The molecule has 0 heterocycles. The van der Waals surface area contributed by atoms with Crippen LogP contribution in [0.25, 0.3) is 0 Å². The van der Waals surface area contributed by atoms with Crippen molar-refractivity contribution in [1.82, 2.24) is 4.90 Å². The van der Waals surface area contributed by atoms with Gasteiger partial charge >= 0.3 is 0 Å². The molecule has 4 heteroatoms. The first kappa shape index (κ1) is 16.0. The molecule has 0 aliphatic heterocycles. The second kappa shape index (κ2) is 7.49. The number of hydrogen-bond acceptors (Lipinski definition) is 3. The Labute approximate surface area is 116 Å². The Morgan fingerprint density at radius 2 is 2.16 bits per heavy atom. The van der Waals surface area contributed by atoms with Crippen LogP contribution in [0.1, 0.15) is 52.9 Å². The van der Waals surface area contributed by atoms with Crippen LogP contribution in [0.4, 0.5) is 0 Å². The Bertz CT molecular complexity index is 335. The summed E-state index contributed by atoms with van der Waals surface area (Å²) in [5.41, 5.74) is 5.35. The molecule has 1 aliphatic rings. The molecule has 1 fully saturated rings. The molecule has 1 rings (SSSR count). The summed E-state index contributed by atoms with van der Waals surface area (Å²) in [6, 6.07) is 2.86. The highest BCUT2D eigenvalue weighted by molar-refractivity contribution is 5.76. The second-order valence-electron chi connectivity index (χ2n) is 6.00. The largest absolute Gasteiger partial charge is 0.369 e. The Balaban J connectivity index is 2.81. The molecule has 3 unspecified atom stereocenters. The van der Waals surface area contributed by atoms with Gasteiger partial charge in [-0.1, -0.05) is 19.8 Å². The summed E-state index contributed by atoms with van der Waals surface area (Å²) in [5.74, 6) is 0.423. The molecule has 0 bridgehead atoms. The average molecular weight is 265 g/mol. The van der Waals surface area contributed by atoms with Gasteiger partial charge in [-0.3, -0.25) is 9.69 Å². The summed E-state index contributed by atoms with van der Waals surface area (Å²) >= 11 is 0. The highest BCUT2D eigenvalue weighted by Crippen LogP contribution is 2.35. The maximum Gasteiger partial charge on any atom is 0.231 e. The van der Waals surface area contributed by atoms with Crippen LogP contribution in [0, 0.1) is 23.2 Å². The van der Waals surface area contributed by atoms with Crippen LogP contribution in [0.15, 0.2) is 0 Å². The molecule has 0 radical (unpaired) electrons. The van der Waals surface area contributed by atoms with E-state index in [1.54, 1.807) is 0 Å². The number of carbonyl (C=O) groups is 1. The van der Waals surface area contributed by atoms with Crippen molar-refractivity contribution in [3.63, 3.8) is 0 Å². The van der Waals surface area contributed by atoms with Gasteiger partial charge in [0.15, 0.2) is 0 Å². The van der Waals surface area contributed by atoms with Gasteiger partial charge in [0.1, 0.15) is 0 Å². The van der Waals surface area contributed by atoms with E-state index < -0.39 is 0 Å². The standard InChI is InChI=1S/C15H27N3O/c1-4-5-12-6-7-13(9-16)14(8-12)18(11(2)3)10-15(17)19/h11-14H,4-8,10H2,1-3H3,(H2,17,19). The van der Waals surface area contributed by atoms with Gasteiger partial charge in [0.2, 0.25) is 5.91 Å². The van der Waals surface area contributed by atoms with Crippen molar-refractivity contribution < 1.29 is 4.79 Å². The molecule has 0 saturated heterocycles. The van der Waals surface area contributed by atoms with E-state index >= 15 is 0 Å². The summed E-state index contributed by atoms with van der Waals surface area (Å²) in [6.07, 6.45) is 5.53. The minimum absolute atomic E-state index is 0.0369. The summed E-state index contributed by atoms with van der Waals surface area (Å²) in [4.78, 5) is 13.4. The van der Waals surface area contributed by atoms with E-state index in [1.165, 1.54) is 12.8 Å². The Morgan fingerprint density at radius 3 is 2.63 bits per heavy atom. The van der Waals surface area contributed by atoms with E-state index in [9.17, 15) is 10.1 Å². The first-order valence-corrected chi connectivity index (χ1v) is 7.43. The molecule has 0 aromatic rings. The topological polar surface area (TPSA) is 70.1 Å². The third-order valence-electron chi connectivity index (χ3n) is 4.22. The lowest BCUT2D eigenvalue weighted by Gasteiger charge is -2.41. The molecular formula is C15H27N3O. The molecule has 1 saturated carbocycles. The zero-order valence-electron chi connectivity index (χ0n) is 12.4. The number of nitriles is 1. The van der Waals surface area contributed by atoms with Gasteiger partial charge in [0.05, 0.1) is 18.5 Å². The predicted molar refractivity (Wildman–Crippen MR) is 76.2 cm³/mol. The van der Waals surface area contributed by atoms with Crippen molar-refractivity contribution in [2.45, 2.75) is 65.0 Å². The predicted octanol–water partition coefficient (Wildman–Crippen LogP) is 2.29. The molecule has 19 heavy (non-hydrogen) atoms. The third kappa shape index (κ3) is 4.50. The fourth-order valence-corrected chi connectivity index (χ4v) is 3.28. The van der Waals surface area contributed by atoms with E-state index in [0.717, 1.165) is 19.3 Å². The van der Waals surface area contributed by atoms with Crippen molar-refractivity contribution in [2.75, 3.05) is 6.54 Å². The SMILES string of the molecule is CCCC1CCC(C#N)C(N(CC(N)=O)C(C)C)C1. The molecule has 1 aliphatic carbocycles. The Morgan fingerprint density at radius 1 is 1.47 bits per heavy atom. The Kier molecular flexibility index (Phi) is 6.30. The first-order chi connectivity index (χ1) is 8.99. The van der Waals surface area contributed by atoms with Gasteiger partial charge < -0.3 is 5.73 Å². The van der Waals surface area contributed by atoms with Crippen LogP contribution >= 0.6 is 0 Å². The van der Waals surface area contributed by atoms with Gasteiger partial charge in [-0.25, -0.2) is 0 Å². The maximum atomic E-state index is 11.3. The molecular weight excluding hydrogens is 238 g/mol. The summed E-state index contributed by atoms with van der Waals surface area (Å²) in [6.45, 7) is 6.61. The number of amides is 1. The monoisotopic (exact) mass is 265 g/mol. The molecule has 0 aromatic heterocycles. The van der Waals surface area contributed by atoms with E-state index in [4.69, 9.17) is 5.73 Å². The number of carbonyl (C=O) groups excluding carboxylic acids is 1. The molecule has 2 N–H and O–H groups in total. The van der Waals surface area contributed by atoms with Gasteiger partial charge in [-0.15, -0.1) is 0 Å². The van der Waals surface area contributed by atoms with Crippen molar-refractivity contribution in [1.29, 1.82) is 5.26 Å². The molecule has 0 spiro atoms. The molecule has 4 nitrogen and oxygen atoms in total. The zero-order valence-corrected chi connectivity index (χ0v) is 12.4. The molecule has 1 amide bonds. The van der Waals surface area contributed by atoms with Gasteiger partial charge in [0.25, 0.3) is 0 Å². The molecule has 0 aromatic carbocycles. The minimum Gasteiger partial charge on any atom is -0.369 e. The third-order valence-corrected chi connectivity index (χ3v) is 4.22. The van der Waals surface area contributed by atoms with Gasteiger partial charge in [0, 0.05) is 12.1 Å². The number of hydrogen-bond donors (Lipinski definition) is 1. The zero-order chi connectivity index (χ0) is 14.4. The summed E-state index contributed by atoms with van der Waals surface area (Å²) < 4.78 is 0. The highest BCUT2D eigenvalue weighted by atomic mass is 16.1. The number of primary amides is 1. The number of nitrogens with two attached hydrogens (primary N) is 1. The lowest BCUT2D eigenvalue weighted by Crippen LogP contribution is -2.50. The van der Waals surface area contributed by atoms with Crippen LogP contribution in [0.2, 0.25) is 0 Å². The molecule has 108 valence electrons. The smallest absolute Gasteiger partial charge is 0.231 e. The van der Waals surface area contributed by atoms with E-state index in [-0.39, 0.29) is 30.5 Å². The number of rotatable bonds is 6. The average Bonchev–Trinajstić information content (AvgIpc) is 2.36. The second-order valence-corrected chi connectivity index (χ2v) is 6.00. The summed E-state index contributed by atoms with van der Waals surface area (Å²) in [5, 5.41) is 9.35. The van der Waals surface area contributed by atoms with Gasteiger partial charge in [-0.2, -0.15) is 5.26 Å². The number of nitrogens with zero attached hydrogens (tertiary/aromatic N) is 2. The molecule has 3 atom stereocenters. The first-order valence-electron chi connectivity index (χ1n) is 7.43. The van der Waals surface area contributed by atoms with E-state index in [1.807, 2.05) is 0 Å². The van der Waals surface area contributed by atoms with Crippen molar-refractivity contribution in [3.8, 4) is 6.07 Å². The van der Waals surface area contributed by atoms with E-state index in [2.05, 4.69) is 31.7 Å². The fraction of sp³-hybridized carbons (Fsp3) is 0.867. The van der Waals surface area contributed by atoms with E-state index in [0.29, 0.717) is 5.92 Å². The fourth-order valence-electron chi connectivity index (χ4n) is 3.28. The van der Waals surface area contributed by atoms with Crippen LogP contribution < -0.4 is 5.73 Å². The minimum atomic E-state index is -0.303. The highest BCUT2D eigenvalue weighted by Gasteiger charge is 2.35. The van der Waals surface area contributed by atoms with Crippen LogP contribution in [0.5, 0.6) is 0 Å². The maximum absolute atomic E-state index is 11.3. The Hall–Kier alpha value is -1.08. The van der Waals surface area contributed by atoms with Crippen LogP contribution in [0.3, 0.4) is 0 Å². The van der Waals surface area contributed by atoms with Crippen molar-refractivity contribution in [2.24, 2.45) is 17.6 Å². The quantitative estimate of drug-likeness (QED) is 0.801. The van der Waals surface area contributed by atoms with Crippen molar-refractivity contribution in [3.05, 3.63) is 0 Å². The van der Waals surface area contributed by atoms with Crippen LogP contribution in [-0.4, -0.2) is 29.4 Å².